The van der Waals surface area contributed by atoms with Gasteiger partial charge in [0.1, 0.15) is 0 Å². The van der Waals surface area contributed by atoms with E-state index in [4.69, 9.17) is 9.15 Å². The predicted octanol–water partition coefficient (Wildman–Crippen LogP) is 2.97. The van der Waals surface area contributed by atoms with E-state index < -0.39 is 6.29 Å². The number of nitrogens with one attached hydrogen (secondary N) is 1. The van der Waals surface area contributed by atoms with Gasteiger partial charge in [-0.05, 0) is 5.56 Å². The molecule has 0 saturated carbocycles. The number of benzene rings is 1. The summed E-state index contributed by atoms with van der Waals surface area (Å²) in [5.41, 5.74) is 3.19. The molecule has 1 unspecified atom stereocenters. The Morgan fingerprint density at radius 3 is 2.83 bits per heavy atom. The summed E-state index contributed by atoms with van der Waals surface area (Å²) in [6.45, 7) is 0.363. The van der Waals surface area contributed by atoms with E-state index in [1.165, 1.54) is 0 Å². The Hall–Kier alpha value is -2.04. The van der Waals surface area contributed by atoms with E-state index in [2.05, 4.69) is 4.98 Å². The van der Waals surface area contributed by atoms with Gasteiger partial charge in [-0.3, -0.25) is 0 Å². The van der Waals surface area contributed by atoms with Crippen molar-refractivity contribution < 1.29 is 14.3 Å². The van der Waals surface area contributed by atoms with Gasteiger partial charge in [0.25, 0.3) is 0 Å². The van der Waals surface area contributed by atoms with Crippen LogP contribution in [0.1, 0.15) is 17.5 Å². The van der Waals surface area contributed by atoms with Crippen LogP contribution < -0.4 is 0 Å². The lowest BCUT2D eigenvalue weighted by atomic mass is 10.2. The van der Waals surface area contributed by atoms with Gasteiger partial charge in [-0.25, -0.2) is 0 Å². The first-order chi connectivity index (χ1) is 8.83. The van der Waals surface area contributed by atoms with Gasteiger partial charge in [0.05, 0.1) is 24.1 Å². The smallest absolute Gasteiger partial charge is 0.196 e. The fourth-order valence-electron chi connectivity index (χ4n) is 1.84. The minimum atomic E-state index is -0.979. The van der Waals surface area contributed by atoms with Gasteiger partial charge < -0.3 is 19.2 Å². The number of furan rings is 1. The average Bonchev–Trinajstić information content (AvgIpc) is 2.98. The fourth-order valence-corrected chi connectivity index (χ4v) is 1.84. The monoisotopic (exact) mass is 243 g/mol. The maximum atomic E-state index is 9.91. The van der Waals surface area contributed by atoms with Crippen molar-refractivity contribution in [3.05, 3.63) is 60.0 Å². The van der Waals surface area contributed by atoms with Crippen LogP contribution in [0.4, 0.5) is 0 Å². The number of aromatic amines is 1. The normalized spacial score (nSPS) is 12.9. The molecule has 92 valence electrons. The van der Waals surface area contributed by atoms with Crippen LogP contribution in [0.2, 0.25) is 0 Å². The molecule has 2 heterocycles. The van der Waals surface area contributed by atoms with Gasteiger partial charge in [0, 0.05) is 12.1 Å². The molecule has 18 heavy (non-hydrogen) atoms. The van der Waals surface area contributed by atoms with E-state index in [0.717, 1.165) is 11.1 Å². The minimum Gasteiger partial charge on any atom is -0.463 e. The molecule has 1 atom stereocenters. The number of aliphatic hydroxyl groups is 1. The van der Waals surface area contributed by atoms with Crippen LogP contribution in [0.5, 0.6) is 0 Å². The largest absolute Gasteiger partial charge is 0.463 e. The van der Waals surface area contributed by atoms with E-state index in [-0.39, 0.29) is 0 Å². The van der Waals surface area contributed by atoms with Gasteiger partial charge in [-0.2, -0.15) is 0 Å². The molecule has 0 saturated heterocycles. The number of H-pyrrole nitrogens is 1. The third-order valence-corrected chi connectivity index (χ3v) is 2.78. The zero-order chi connectivity index (χ0) is 12.4. The molecule has 0 fully saturated rings. The average molecular weight is 243 g/mol. The standard InChI is InChI=1S/C14H13NO3/c16-14(18-9-10-4-2-1-3-5-10)12-8-13-11(15-12)6-7-17-13/h1-8,14-16H,9H2. The highest BCUT2D eigenvalue weighted by Gasteiger charge is 2.12. The van der Waals surface area contributed by atoms with Crippen LogP contribution in [0.25, 0.3) is 11.1 Å². The highest BCUT2D eigenvalue weighted by molar-refractivity contribution is 5.74. The summed E-state index contributed by atoms with van der Waals surface area (Å²) in [7, 11) is 0. The van der Waals surface area contributed by atoms with Crippen molar-refractivity contribution in [3.8, 4) is 0 Å². The topological polar surface area (TPSA) is 58.4 Å². The minimum absolute atomic E-state index is 0.363. The van der Waals surface area contributed by atoms with Crippen LogP contribution in [0, 0.1) is 0 Å². The van der Waals surface area contributed by atoms with Gasteiger partial charge in [0.2, 0.25) is 0 Å². The summed E-state index contributed by atoms with van der Waals surface area (Å²) in [5, 5.41) is 9.91. The van der Waals surface area contributed by atoms with Gasteiger partial charge in [0.15, 0.2) is 11.9 Å². The summed E-state index contributed by atoms with van der Waals surface area (Å²) in [6.07, 6.45) is 0.620. The number of hydrogen-bond acceptors (Lipinski definition) is 3. The number of ether oxygens (including phenoxy) is 1. The third kappa shape index (κ3) is 2.16. The molecule has 0 aliphatic rings. The van der Waals surface area contributed by atoms with Crippen LogP contribution >= 0.6 is 0 Å². The molecule has 0 spiro atoms. The summed E-state index contributed by atoms with van der Waals surface area (Å²) >= 11 is 0. The lowest BCUT2D eigenvalue weighted by Crippen LogP contribution is -2.03. The van der Waals surface area contributed by atoms with Gasteiger partial charge in [-0.1, -0.05) is 30.3 Å². The quantitative estimate of drug-likeness (QED) is 0.692. The first-order valence-corrected chi connectivity index (χ1v) is 5.72. The van der Waals surface area contributed by atoms with Crippen LogP contribution in [-0.4, -0.2) is 10.1 Å². The van der Waals surface area contributed by atoms with E-state index in [1.54, 1.807) is 12.3 Å². The molecule has 0 aliphatic carbocycles. The summed E-state index contributed by atoms with van der Waals surface area (Å²) < 4.78 is 10.6. The Kier molecular flexibility index (Phi) is 2.88. The Labute approximate surface area is 104 Å². The number of rotatable bonds is 4. The molecule has 2 aromatic heterocycles. The molecule has 4 nitrogen and oxygen atoms in total. The molecule has 0 aliphatic heterocycles. The third-order valence-electron chi connectivity index (χ3n) is 2.78. The molecular weight excluding hydrogens is 230 g/mol. The predicted molar refractivity (Wildman–Crippen MR) is 66.8 cm³/mol. The van der Waals surface area contributed by atoms with Gasteiger partial charge in [-0.15, -0.1) is 0 Å². The molecular formula is C14H13NO3. The van der Waals surface area contributed by atoms with Crippen molar-refractivity contribution in [2.24, 2.45) is 0 Å². The zero-order valence-corrected chi connectivity index (χ0v) is 9.67. The van der Waals surface area contributed by atoms with Crippen LogP contribution in [0.3, 0.4) is 0 Å². The molecule has 1 aromatic carbocycles. The fraction of sp³-hybridized carbons (Fsp3) is 0.143. The van der Waals surface area contributed by atoms with E-state index in [0.29, 0.717) is 17.9 Å². The summed E-state index contributed by atoms with van der Waals surface area (Å²) in [6, 6.07) is 13.3. The molecule has 3 aromatic rings. The lowest BCUT2D eigenvalue weighted by molar-refractivity contribution is -0.114. The summed E-state index contributed by atoms with van der Waals surface area (Å²) in [4.78, 5) is 3.04. The molecule has 4 heteroatoms. The molecule has 0 bridgehead atoms. The Morgan fingerprint density at radius 1 is 1.22 bits per heavy atom. The second-order valence-electron chi connectivity index (χ2n) is 4.07. The van der Waals surface area contributed by atoms with Crippen LogP contribution in [0.15, 0.2) is 53.1 Å². The van der Waals surface area contributed by atoms with Crippen molar-refractivity contribution in [1.29, 1.82) is 0 Å². The lowest BCUT2D eigenvalue weighted by Gasteiger charge is -2.10. The number of hydrogen-bond donors (Lipinski definition) is 2. The molecule has 3 rings (SSSR count). The highest BCUT2D eigenvalue weighted by atomic mass is 16.6. The maximum Gasteiger partial charge on any atom is 0.196 e. The van der Waals surface area contributed by atoms with Crippen molar-refractivity contribution in [2.45, 2.75) is 12.9 Å². The summed E-state index contributed by atoms with van der Waals surface area (Å²) in [5.74, 6) is 0. The first-order valence-electron chi connectivity index (χ1n) is 5.72. The van der Waals surface area contributed by atoms with E-state index in [9.17, 15) is 5.11 Å². The van der Waals surface area contributed by atoms with E-state index in [1.807, 2.05) is 36.4 Å². The molecule has 0 radical (unpaired) electrons. The SMILES string of the molecule is OC(OCc1ccccc1)c1cc2occc2[nH]1. The van der Waals surface area contributed by atoms with Crippen molar-refractivity contribution >= 4 is 11.1 Å². The van der Waals surface area contributed by atoms with Crippen LogP contribution in [-0.2, 0) is 11.3 Å². The number of aromatic nitrogens is 1. The first kappa shape index (κ1) is 11.1. The number of fused-ring (bicyclic) bond motifs is 1. The van der Waals surface area contributed by atoms with Crippen molar-refractivity contribution in [1.82, 2.24) is 4.98 Å². The Bertz CT molecular complexity index is 598. The molecule has 0 amide bonds. The maximum absolute atomic E-state index is 9.91. The van der Waals surface area contributed by atoms with Gasteiger partial charge >= 0.3 is 0 Å². The zero-order valence-electron chi connectivity index (χ0n) is 9.67. The molecule has 2 N–H and O–H groups in total. The van der Waals surface area contributed by atoms with Crippen molar-refractivity contribution in [3.63, 3.8) is 0 Å². The Balaban J connectivity index is 1.68. The highest BCUT2D eigenvalue weighted by Crippen LogP contribution is 2.22. The second kappa shape index (κ2) is 4.68. The van der Waals surface area contributed by atoms with Crippen molar-refractivity contribution in [2.75, 3.05) is 0 Å². The van der Waals surface area contributed by atoms with E-state index >= 15 is 0 Å². The second-order valence-corrected chi connectivity index (χ2v) is 4.07. The Morgan fingerprint density at radius 2 is 2.06 bits per heavy atom. The number of aliphatic hydroxyl groups excluding tert-OH is 1.